The van der Waals surface area contributed by atoms with E-state index in [2.05, 4.69) is 17.1 Å². The zero-order valence-corrected chi connectivity index (χ0v) is 17.2. The minimum absolute atomic E-state index is 0. The summed E-state index contributed by atoms with van der Waals surface area (Å²) in [5.74, 6) is 1.12. The van der Waals surface area contributed by atoms with Gasteiger partial charge in [-0.25, -0.2) is 0 Å². The molecule has 1 aliphatic carbocycles. The predicted molar refractivity (Wildman–Crippen MR) is 109 cm³/mol. The molecule has 0 unspecified atom stereocenters. The molecule has 1 heterocycles. The maximum absolute atomic E-state index is 5.97. The summed E-state index contributed by atoms with van der Waals surface area (Å²) in [6, 6.07) is 0. The van der Waals surface area contributed by atoms with Crippen molar-refractivity contribution >= 4 is 29.9 Å². The lowest BCUT2D eigenvalue weighted by atomic mass is 9.98. The Labute approximate surface area is 159 Å². The molecule has 0 spiro atoms. The van der Waals surface area contributed by atoms with Crippen molar-refractivity contribution in [2.75, 3.05) is 32.8 Å². The Balaban J connectivity index is 0.00000264. The zero-order chi connectivity index (χ0) is 15.5. The summed E-state index contributed by atoms with van der Waals surface area (Å²) in [4.78, 5) is 7.17. The maximum Gasteiger partial charge on any atom is 0.193 e. The molecule has 4 nitrogen and oxygen atoms in total. The van der Waals surface area contributed by atoms with Gasteiger partial charge in [-0.1, -0.05) is 19.3 Å². The van der Waals surface area contributed by atoms with Gasteiger partial charge < -0.3 is 15.0 Å². The third-order valence-electron chi connectivity index (χ3n) is 4.71. The van der Waals surface area contributed by atoms with E-state index in [4.69, 9.17) is 9.73 Å². The van der Waals surface area contributed by atoms with Crippen LogP contribution in [0.4, 0.5) is 0 Å². The highest BCUT2D eigenvalue weighted by Gasteiger charge is 2.15. The van der Waals surface area contributed by atoms with Gasteiger partial charge in [-0.2, -0.15) is 0 Å². The molecular formula is C18H36IN3O. The standard InChI is InChI=1S/C18H35N3O.HI/c1-2-19-18(21-14-8-9-15-21)20-13-7-4-10-16-22-17-11-5-3-6-12-17;/h17H,2-16H2,1H3,(H,19,20);1H. The molecule has 0 radical (unpaired) electrons. The van der Waals surface area contributed by atoms with Crippen LogP contribution in [0.2, 0.25) is 0 Å². The van der Waals surface area contributed by atoms with Gasteiger partial charge in [0.15, 0.2) is 5.96 Å². The van der Waals surface area contributed by atoms with Crippen molar-refractivity contribution < 1.29 is 4.74 Å². The molecule has 1 aliphatic heterocycles. The Morgan fingerprint density at radius 3 is 2.48 bits per heavy atom. The highest BCUT2D eigenvalue weighted by Crippen LogP contribution is 2.20. The van der Waals surface area contributed by atoms with E-state index in [1.54, 1.807) is 0 Å². The highest BCUT2D eigenvalue weighted by molar-refractivity contribution is 14.0. The largest absolute Gasteiger partial charge is 0.378 e. The van der Waals surface area contributed by atoms with Gasteiger partial charge in [0.1, 0.15) is 0 Å². The monoisotopic (exact) mass is 437 g/mol. The molecule has 5 heteroatoms. The van der Waals surface area contributed by atoms with E-state index in [0.29, 0.717) is 6.10 Å². The lowest BCUT2D eigenvalue weighted by molar-refractivity contribution is 0.0264. The van der Waals surface area contributed by atoms with Crippen LogP contribution in [-0.2, 0) is 4.74 Å². The molecule has 2 rings (SSSR count). The summed E-state index contributed by atoms with van der Waals surface area (Å²) in [5, 5.41) is 3.42. The van der Waals surface area contributed by atoms with Crippen LogP contribution in [0.3, 0.4) is 0 Å². The SMILES string of the molecule is CCNC(=NCCCCCOC1CCCCC1)N1CCCC1.I. The maximum atomic E-state index is 5.97. The van der Waals surface area contributed by atoms with E-state index in [1.807, 2.05) is 0 Å². The second-order valence-electron chi connectivity index (χ2n) is 6.62. The topological polar surface area (TPSA) is 36.9 Å². The van der Waals surface area contributed by atoms with Crippen LogP contribution in [0.5, 0.6) is 0 Å². The number of rotatable bonds is 8. The van der Waals surface area contributed by atoms with Crippen LogP contribution in [0.25, 0.3) is 0 Å². The van der Waals surface area contributed by atoms with Crippen molar-refractivity contribution in [3.63, 3.8) is 0 Å². The first-order valence-electron chi connectivity index (χ1n) is 9.55. The van der Waals surface area contributed by atoms with Crippen molar-refractivity contribution in [2.45, 2.75) is 77.2 Å². The number of halogens is 1. The number of unbranched alkanes of at least 4 members (excludes halogenated alkanes) is 2. The molecule has 0 aromatic heterocycles. The first-order valence-corrected chi connectivity index (χ1v) is 9.55. The fourth-order valence-electron chi connectivity index (χ4n) is 3.41. The fourth-order valence-corrected chi connectivity index (χ4v) is 3.41. The molecule has 2 aliphatic rings. The summed E-state index contributed by atoms with van der Waals surface area (Å²) >= 11 is 0. The average Bonchev–Trinajstić information content (AvgIpc) is 3.08. The lowest BCUT2D eigenvalue weighted by Gasteiger charge is -2.22. The first kappa shape index (κ1) is 21.0. The minimum atomic E-state index is 0. The number of nitrogens with one attached hydrogen (secondary N) is 1. The van der Waals surface area contributed by atoms with E-state index in [1.165, 1.54) is 77.3 Å². The fraction of sp³-hybridized carbons (Fsp3) is 0.944. The van der Waals surface area contributed by atoms with Crippen LogP contribution in [0.1, 0.15) is 71.1 Å². The molecule has 2 fully saturated rings. The minimum Gasteiger partial charge on any atom is -0.378 e. The van der Waals surface area contributed by atoms with E-state index >= 15 is 0 Å². The van der Waals surface area contributed by atoms with E-state index in [-0.39, 0.29) is 24.0 Å². The molecule has 1 saturated heterocycles. The number of hydrogen-bond donors (Lipinski definition) is 1. The molecule has 0 amide bonds. The van der Waals surface area contributed by atoms with E-state index in [0.717, 1.165) is 25.7 Å². The van der Waals surface area contributed by atoms with Crippen molar-refractivity contribution in [1.82, 2.24) is 10.2 Å². The van der Waals surface area contributed by atoms with Gasteiger partial charge in [-0.3, -0.25) is 4.99 Å². The summed E-state index contributed by atoms with van der Waals surface area (Å²) in [6.07, 6.45) is 13.5. The summed E-state index contributed by atoms with van der Waals surface area (Å²) in [7, 11) is 0. The highest BCUT2D eigenvalue weighted by atomic mass is 127. The molecular weight excluding hydrogens is 401 g/mol. The molecule has 0 aromatic rings. The van der Waals surface area contributed by atoms with Gasteiger partial charge in [0.2, 0.25) is 0 Å². The number of hydrogen-bond acceptors (Lipinski definition) is 2. The number of ether oxygens (including phenoxy) is 1. The quantitative estimate of drug-likeness (QED) is 0.268. The second kappa shape index (κ2) is 13.3. The van der Waals surface area contributed by atoms with Crippen molar-refractivity contribution in [2.24, 2.45) is 4.99 Å². The lowest BCUT2D eigenvalue weighted by Crippen LogP contribution is -2.39. The molecule has 0 atom stereocenters. The Morgan fingerprint density at radius 1 is 1.04 bits per heavy atom. The Bertz CT molecular complexity index is 313. The third-order valence-corrected chi connectivity index (χ3v) is 4.71. The number of nitrogens with zero attached hydrogens (tertiary/aromatic N) is 2. The van der Waals surface area contributed by atoms with Gasteiger partial charge in [0.05, 0.1) is 6.10 Å². The first-order chi connectivity index (χ1) is 10.9. The van der Waals surface area contributed by atoms with Gasteiger partial charge in [-0.15, -0.1) is 24.0 Å². The van der Waals surface area contributed by atoms with Crippen molar-refractivity contribution in [3.8, 4) is 0 Å². The Kier molecular flexibility index (Phi) is 12.1. The van der Waals surface area contributed by atoms with Crippen LogP contribution >= 0.6 is 24.0 Å². The molecule has 0 bridgehead atoms. The Morgan fingerprint density at radius 2 is 1.78 bits per heavy atom. The molecule has 136 valence electrons. The molecule has 23 heavy (non-hydrogen) atoms. The third kappa shape index (κ3) is 8.57. The molecule has 0 aromatic carbocycles. The van der Waals surface area contributed by atoms with E-state index in [9.17, 15) is 0 Å². The van der Waals surface area contributed by atoms with Crippen LogP contribution < -0.4 is 5.32 Å². The molecule has 1 N–H and O–H groups in total. The molecule has 1 saturated carbocycles. The number of likely N-dealkylation sites (tertiary alicyclic amines) is 1. The normalized spacial score (nSPS) is 19.7. The summed E-state index contributed by atoms with van der Waals surface area (Å²) in [6.45, 7) is 7.34. The van der Waals surface area contributed by atoms with Crippen molar-refractivity contribution in [3.05, 3.63) is 0 Å². The van der Waals surface area contributed by atoms with Crippen molar-refractivity contribution in [1.29, 1.82) is 0 Å². The summed E-state index contributed by atoms with van der Waals surface area (Å²) in [5.41, 5.74) is 0. The van der Waals surface area contributed by atoms with Gasteiger partial charge >= 0.3 is 0 Å². The van der Waals surface area contributed by atoms with Gasteiger partial charge in [0.25, 0.3) is 0 Å². The van der Waals surface area contributed by atoms with Crippen LogP contribution in [-0.4, -0.2) is 49.7 Å². The second-order valence-corrected chi connectivity index (χ2v) is 6.62. The van der Waals surface area contributed by atoms with Gasteiger partial charge in [-0.05, 0) is 51.9 Å². The predicted octanol–water partition coefficient (Wildman–Crippen LogP) is 4.19. The average molecular weight is 437 g/mol. The smallest absolute Gasteiger partial charge is 0.193 e. The summed E-state index contributed by atoms with van der Waals surface area (Å²) < 4.78 is 5.97. The zero-order valence-electron chi connectivity index (χ0n) is 14.9. The number of guanidine groups is 1. The Hall–Kier alpha value is -0.0400. The number of aliphatic imine (C=N–C) groups is 1. The van der Waals surface area contributed by atoms with Gasteiger partial charge in [0, 0.05) is 32.8 Å². The van der Waals surface area contributed by atoms with Crippen LogP contribution in [0, 0.1) is 0 Å². The van der Waals surface area contributed by atoms with E-state index < -0.39 is 0 Å². The van der Waals surface area contributed by atoms with Crippen LogP contribution in [0.15, 0.2) is 4.99 Å².